The molecule has 3 saturated heterocycles. The fourth-order valence-corrected chi connectivity index (χ4v) is 7.56. The number of hydrogen-bond acceptors (Lipinski definition) is 9. The van der Waals surface area contributed by atoms with Gasteiger partial charge < -0.3 is 29.5 Å². The summed E-state index contributed by atoms with van der Waals surface area (Å²) in [5.41, 5.74) is 2.66. The van der Waals surface area contributed by atoms with Crippen molar-refractivity contribution in [2.45, 2.75) is 80.9 Å². The Morgan fingerprint density at radius 2 is 1.58 bits per heavy atom. The van der Waals surface area contributed by atoms with Gasteiger partial charge in [0.25, 0.3) is 5.91 Å². The summed E-state index contributed by atoms with van der Waals surface area (Å²) < 4.78 is 20.7. The van der Waals surface area contributed by atoms with Crippen molar-refractivity contribution >= 4 is 34.9 Å². The molecule has 5 heterocycles. The number of likely N-dealkylation sites (tertiary alicyclic amines) is 1. The molecule has 0 radical (unpaired) electrons. The third-order valence-corrected chi connectivity index (χ3v) is 9.81. The van der Waals surface area contributed by atoms with Crippen molar-refractivity contribution in [3.05, 3.63) is 84.4 Å². The van der Waals surface area contributed by atoms with Gasteiger partial charge in [-0.3, -0.25) is 14.7 Å². The molecule has 4 fully saturated rings. The first kappa shape index (κ1) is 30.4. The first-order valence-corrected chi connectivity index (χ1v) is 16.3. The van der Waals surface area contributed by atoms with Crippen molar-refractivity contribution < 1.29 is 33.7 Å². The van der Waals surface area contributed by atoms with Crippen LogP contribution in [0.2, 0.25) is 0 Å². The van der Waals surface area contributed by atoms with Crippen LogP contribution in [0.4, 0.5) is 10.6 Å². The predicted octanol–water partition coefficient (Wildman–Crippen LogP) is 3.74. The smallest absolute Gasteiger partial charge is 0.326 e. The Kier molecular flexibility index (Phi) is 7.98. The summed E-state index contributed by atoms with van der Waals surface area (Å²) in [4.78, 5) is 53.7. The number of anilines is 1. The largest absolute Gasteiger partial charge is 0.480 e. The second kappa shape index (κ2) is 12.6. The van der Waals surface area contributed by atoms with Crippen molar-refractivity contribution in [1.82, 2.24) is 29.7 Å². The zero-order valence-electron chi connectivity index (χ0n) is 25.9. The lowest BCUT2D eigenvalue weighted by Crippen LogP contribution is -2.49. The number of imidazole rings is 1. The zero-order chi connectivity index (χ0) is 32.8. The summed E-state index contributed by atoms with van der Waals surface area (Å²) in [6.07, 6.45) is 2.32. The van der Waals surface area contributed by atoms with Crippen LogP contribution in [0.25, 0.3) is 11.2 Å². The average molecular weight is 654 g/mol. The molecule has 0 bridgehead atoms. The van der Waals surface area contributed by atoms with E-state index in [2.05, 4.69) is 37.7 Å². The maximum absolute atomic E-state index is 13.9. The minimum atomic E-state index is -1.12. The van der Waals surface area contributed by atoms with E-state index < -0.39 is 54.8 Å². The highest BCUT2D eigenvalue weighted by molar-refractivity contribution is 5.96. The Bertz CT molecular complexity index is 1820. The number of rotatable bonds is 7. The standard InChI is InChI=1S/C34H35N7O7/c42-30(40-16-8-15-23(40)32(43)44)26-25-27(48-33(47-25)20-11-5-2-6-12-20)31(46-26)41-18-37-24-28(35-17-36-29(24)41)39-34(45)38-22-14-7-13-21(22)19-9-3-1-4-10-19/h1-6,9-12,17-18,21-23,25-27,31,33H,7-8,13-16H2,(H,43,44)(H2,35,36,38,39,45). The normalized spacial score (nSPS) is 29.6. The number of nitrogens with zero attached hydrogens (tertiary/aromatic N) is 5. The molecule has 3 N–H and O–H groups in total. The molecule has 1 saturated carbocycles. The average Bonchev–Trinajstić information content (AvgIpc) is 3.94. The first-order chi connectivity index (χ1) is 23.5. The van der Waals surface area contributed by atoms with Gasteiger partial charge in [0.05, 0.1) is 6.33 Å². The summed E-state index contributed by atoms with van der Waals surface area (Å²) in [7, 11) is 0. The molecule has 2 aromatic heterocycles. The van der Waals surface area contributed by atoms with Crippen LogP contribution < -0.4 is 10.6 Å². The Labute approximate surface area is 275 Å². The number of aliphatic carboxylic acids is 1. The molecule has 48 heavy (non-hydrogen) atoms. The third-order valence-electron chi connectivity index (χ3n) is 9.81. The number of nitrogens with one attached hydrogen (secondary N) is 2. The van der Waals surface area contributed by atoms with E-state index in [1.165, 1.54) is 23.1 Å². The van der Waals surface area contributed by atoms with Gasteiger partial charge in [-0.05, 0) is 31.2 Å². The second-order valence-corrected chi connectivity index (χ2v) is 12.6. The lowest BCUT2D eigenvalue weighted by molar-refractivity contribution is -0.171. The Morgan fingerprint density at radius 1 is 0.833 bits per heavy atom. The number of amides is 3. The summed E-state index contributed by atoms with van der Waals surface area (Å²) in [6.45, 7) is 0.311. The Balaban J connectivity index is 1.05. The van der Waals surface area contributed by atoms with E-state index in [-0.39, 0.29) is 17.8 Å². The minimum Gasteiger partial charge on any atom is -0.480 e. The number of carbonyl (C=O) groups is 3. The molecule has 14 heteroatoms. The van der Waals surface area contributed by atoms with Crippen LogP contribution in [0, 0.1) is 0 Å². The number of benzene rings is 2. The van der Waals surface area contributed by atoms with Crippen molar-refractivity contribution in [2.75, 3.05) is 11.9 Å². The molecule has 248 valence electrons. The van der Waals surface area contributed by atoms with Gasteiger partial charge >= 0.3 is 12.0 Å². The summed E-state index contributed by atoms with van der Waals surface area (Å²) in [5.74, 6) is -1.07. The van der Waals surface area contributed by atoms with E-state index in [1.807, 2.05) is 48.5 Å². The van der Waals surface area contributed by atoms with Crippen molar-refractivity contribution in [3.8, 4) is 0 Å². The van der Waals surface area contributed by atoms with Crippen LogP contribution in [0.1, 0.15) is 61.7 Å². The summed E-state index contributed by atoms with van der Waals surface area (Å²) in [6, 6.07) is 18.2. The van der Waals surface area contributed by atoms with Crippen LogP contribution in [-0.4, -0.2) is 84.4 Å². The Morgan fingerprint density at radius 3 is 2.35 bits per heavy atom. The van der Waals surface area contributed by atoms with Gasteiger partial charge in [0.15, 0.2) is 35.6 Å². The van der Waals surface area contributed by atoms with Crippen LogP contribution >= 0.6 is 0 Å². The molecule has 14 nitrogen and oxygen atoms in total. The second-order valence-electron chi connectivity index (χ2n) is 12.6. The summed E-state index contributed by atoms with van der Waals surface area (Å²) in [5, 5.41) is 15.7. The fraction of sp³-hybridized carbons (Fsp3) is 0.412. The number of urea groups is 1. The monoisotopic (exact) mass is 653 g/mol. The van der Waals surface area contributed by atoms with Crippen molar-refractivity contribution in [1.29, 1.82) is 0 Å². The molecule has 4 aliphatic rings. The van der Waals surface area contributed by atoms with Gasteiger partial charge in [-0.1, -0.05) is 67.1 Å². The molecule has 8 unspecified atom stereocenters. The maximum Gasteiger partial charge on any atom is 0.326 e. The number of carbonyl (C=O) groups excluding carboxylic acids is 2. The highest BCUT2D eigenvalue weighted by Crippen LogP contribution is 2.46. The molecular weight excluding hydrogens is 618 g/mol. The lowest BCUT2D eigenvalue weighted by atomic mass is 9.94. The minimum absolute atomic E-state index is 0.0195. The molecular formula is C34H35N7O7. The highest BCUT2D eigenvalue weighted by atomic mass is 16.8. The van der Waals surface area contributed by atoms with E-state index in [9.17, 15) is 19.5 Å². The maximum atomic E-state index is 13.9. The molecule has 0 spiro atoms. The topological polar surface area (TPSA) is 170 Å². The molecule has 8 rings (SSSR count). The van der Waals surface area contributed by atoms with Gasteiger partial charge in [-0.15, -0.1) is 0 Å². The lowest BCUT2D eigenvalue weighted by Gasteiger charge is -2.27. The van der Waals surface area contributed by atoms with Gasteiger partial charge in [-0.25, -0.2) is 24.5 Å². The molecule has 2 aromatic carbocycles. The van der Waals surface area contributed by atoms with E-state index >= 15 is 0 Å². The summed E-state index contributed by atoms with van der Waals surface area (Å²) >= 11 is 0. The SMILES string of the molecule is O=C(Nc1ncnc2c1ncn2C1OC(C(=O)N2CCCC2C(=O)O)C2OC(c3ccccc3)OC21)NC1CCCC1c1ccccc1. The van der Waals surface area contributed by atoms with Gasteiger partial charge in [0.1, 0.15) is 24.6 Å². The number of fused-ring (bicyclic) bond motifs is 2. The van der Waals surface area contributed by atoms with Crippen LogP contribution in [0.3, 0.4) is 0 Å². The highest BCUT2D eigenvalue weighted by Gasteiger charge is 2.58. The van der Waals surface area contributed by atoms with Gasteiger partial charge in [0.2, 0.25) is 0 Å². The molecule has 4 aromatic rings. The van der Waals surface area contributed by atoms with Crippen LogP contribution in [-0.2, 0) is 23.8 Å². The van der Waals surface area contributed by atoms with E-state index in [0.717, 1.165) is 24.8 Å². The van der Waals surface area contributed by atoms with Gasteiger partial charge in [0, 0.05) is 24.1 Å². The Hall–Kier alpha value is -4.92. The number of aromatic nitrogens is 4. The molecule has 3 amide bonds. The molecule has 3 aliphatic heterocycles. The number of ether oxygens (including phenoxy) is 3. The van der Waals surface area contributed by atoms with Gasteiger partial charge in [-0.2, -0.15) is 0 Å². The number of carboxylic acid groups (broad SMARTS) is 1. The van der Waals surface area contributed by atoms with Crippen molar-refractivity contribution in [3.63, 3.8) is 0 Å². The predicted molar refractivity (Wildman–Crippen MR) is 170 cm³/mol. The fourth-order valence-electron chi connectivity index (χ4n) is 7.56. The van der Waals surface area contributed by atoms with Crippen molar-refractivity contribution in [2.24, 2.45) is 0 Å². The quantitative estimate of drug-likeness (QED) is 0.267. The molecule has 1 aliphatic carbocycles. The van der Waals surface area contributed by atoms with E-state index in [0.29, 0.717) is 30.6 Å². The zero-order valence-corrected chi connectivity index (χ0v) is 25.9. The van der Waals surface area contributed by atoms with E-state index in [4.69, 9.17) is 14.2 Å². The first-order valence-electron chi connectivity index (χ1n) is 16.3. The van der Waals surface area contributed by atoms with E-state index in [1.54, 1.807) is 4.57 Å². The number of hydrogen-bond donors (Lipinski definition) is 3. The number of carboxylic acids is 1. The van der Waals surface area contributed by atoms with Crippen LogP contribution in [0.5, 0.6) is 0 Å². The van der Waals surface area contributed by atoms with Crippen LogP contribution in [0.15, 0.2) is 73.3 Å². The molecule has 8 atom stereocenters. The third kappa shape index (κ3) is 5.45.